The Bertz CT molecular complexity index is 2250. The van der Waals surface area contributed by atoms with Crippen molar-refractivity contribution in [3.05, 3.63) is 136 Å². The van der Waals surface area contributed by atoms with Gasteiger partial charge in [0.1, 0.15) is 0 Å². The number of hydrogen-bond donors (Lipinski definition) is 1. The molecule has 0 radical (unpaired) electrons. The van der Waals surface area contributed by atoms with Crippen molar-refractivity contribution >= 4 is 69.6 Å². The third-order valence-electron chi connectivity index (χ3n) is 6.54. The number of fused-ring (bicyclic) bond motifs is 2. The third-order valence-corrected chi connectivity index (χ3v) is 8.02. The summed E-state index contributed by atoms with van der Waals surface area (Å²) in [4.78, 5) is 47.5. The number of carbonyl (C=O) groups excluding carboxylic acids is 1. The average molecular weight is 728 g/mol. The van der Waals surface area contributed by atoms with Gasteiger partial charge < -0.3 is 15.3 Å². The van der Waals surface area contributed by atoms with Crippen LogP contribution >= 0.6 is 46.4 Å². The number of carbonyl (C=O) groups is 2. The molecule has 0 fully saturated rings. The van der Waals surface area contributed by atoms with Crippen LogP contribution in [0.4, 0.5) is 0 Å². The molecule has 0 atom stereocenters. The van der Waals surface area contributed by atoms with E-state index in [2.05, 4.69) is 10.2 Å². The molecule has 48 heavy (non-hydrogen) atoms. The topological polar surface area (TPSA) is 172 Å². The van der Waals surface area contributed by atoms with Gasteiger partial charge in [0.25, 0.3) is 0 Å². The van der Waals surface area contributed by atoms with E-state index in [-0.39, 0.29) is 55.3 Å². The van der Waals surface area contributed by atoms with Crippen LogP contribution in [0.5, 0.6) is 0 Å². The fraction of sp³-hybridized carbons (Fsp3) is 0.133. The Morgan fingerprint density at radius 2 is 1.15 bits per heavy atom. The third kappa shape index (κ3) is 8.50. The van der Waals surface area contributed by atoms with E-state index in [1.807, 2.05) is 0 Å². The first-order chi connectivity index (χ1) is 21.9. The molecule has 244 valence electrons. The van der Waals surface area contributed by atoms with Gasteiger partial charge in [-0.25, -0.2) is 37.3 Å². The van der Waals surface area contributed by atoms with Gasteiger partial charge in [0.2, 0.25) is 0 Å². The van der Waals surface area contributed by atoms with Gasteiger partial charge in [-0.3, -0.25) is 0 Å². The number of aromatic nitrogens is 6. The van der Waals surface area contributed by atoms with E-state index in [4.69, 9.17) is 56.2 Å². The summed E-state index contributed by atoms with van der Waals surface area (Å²) in [5.41, 5.74) is 1.89. The molecular weight excluding hydrogens is 705 g/mol. The minimum absolute atomic E-state index is 0. The maximum atomic E-state index is 12.5. The Kier molecular flexibility index (Phi) is 13.1. The van der Waals surface area contributed by atoms with Crippen LogP contribution in [0.15, 0.2) is 82.6 Å². The van der Waals surface area contributed by atoms with Gasteiger partial charge in [-0.05, 0) is 66.6 Å². The number of benzene rings is 2. The summed E-state index contributed by atoms with van der Waals surface area (Å²) in [6, 6.07) is 16.2. The molecular formula is C30H23Cl4LiN6O7. The molecule has 13 nitrogen and oxygen atoms in total. The number of halogens is 4. The van der Waals surface area contributed by atoms with E-state index in [1.54, 1.807) is 55.5 Å². The number of hydrogen-bond acceptors (Lipinski definition) is 8. The van der Waals surface area contributed by atoms with Gasteiger partial charge in [0, 0.05) is 12.4 Å². The zero-order valence-electron chi connectivity index (χ0n) is 25.2. The molecule has 0 unspecified atom stereocenters. The summed E-state index contributed by atoms with van der Waals surface area (Å²) < 4.78 is 9.97. The van der Waals surface area contributed by atoms with E-state index in [1.165, 1.54) is 42.7 Å². The van der Waals surface area contributed by atoms with Gasteiger partial charge >= 0.3 is 42.2 Å². The van der Waals surface area contributed by atoms with E-state index < -0.39 is 17.6 Å². The maximum Gasteiger partial charge on any atom is 1.00 e. The average Bonchev–Trinajstić information content (AvgIpc) is 3.51. The van der Waals surface area contributed by atoms with E-state index in [0.29, 0.717) is 36.9 Å². The number of carboxylic acid groups (broad SMARTS) is 1. The number of esters is 1. The number of carboxylic acids is 1. The molecule has 4 aromatic heterocycles. The first-order valence-corrected chi connectivity index (χ1v) is 14.9. The van der Waals surface area contributed by atoms with Crippen molar-refractivity contribution in [1.29, 1.82) is 0 Å². The second-order valence-electron chi connectivity index (χ2n) is 9.69. The maximum absolute atomic E-state index is 12.5. The molecule has 0 bridgehead atoms. The standard InChI is InChI=1S/C16H13Cl2N3O3.C14H9Cl2N3O3.Li.H2O/c1-2-24-15(22)11-4-6-14-19-21(16(23)20(14)9-11)8-10-3-5-12(17)13(18)7-10;15-10-3-1-8(5-11(10)16)6-19-14(22)18-7-9(13(20)21)2-4-12(18)17-19;;/h3-7,9H,2,8H2,1H3;1-5,7H,6H2,(H,20,21);;1H2/q;;+1;/p-1. The quantitative estimate of drug-likeness (QED) is 0.192. The smallest absolute Gasteiger partial charge is 0.870 e. The Balaban J connectivity index is 0.000000251. The summed E-state index contributed by atoms with van der Waals surface area (Å²) in [5.74, 6) is -1.59. The Hall–Kier alpha value is -4.06. The fourth-order valence-corrected chi connectivity index (χ4v) is 4.97. The first kappa shape index (κ1) is 38.4. The van der Waals surface area contributed by atoms with Gasteiger partial charge in [-0.2, -0.15) is 0 Å². The summed E-state index contributed by atoms with van der Waals surface area (Å²) in [6.45, 7) is 2.44. The molecule has 0 aliphatic heterocycles. The second kappa shape index (κ2) is 16.4. The number of pyridine rings is 2. The Morgan fingerprint density at radius 3 is 1.56 bits per heavy atom. The number of nitrogens with zero attached hydrogens (tertiary/aromatic N) is 6. The van der Waals surface area contributed by atoms with Crippen molar-refractivity contribution in [2.75, 3.05) is 6.61 Å². The zero-order valence-corrected chi connectivity index (χ0v) is 28.2. The normalized spacial score (nSPS) is 10.5. The molecule has 0 saturated carbocycles. The second-order valence-corrected chi connectivity index (χ2v) is 11.3. The summed E-state index contributed by atoms with van der Waals surface area (Å²) >= 11 is 23.7. The molecule has 2 N–H and O–H groups in total. The predicted molar refractivity (Wildman–Crippen MR) is 175 cm³/mol. The van der Waals surface area contributed by atoms with Crippen LogP contribution in [0.3, 0.4) is 0 Å². The van der Waals surface area contributed by atoms with Crippen LogP contribution in [-0.2, 0) is 17.8 Å². The minimum Gasteiger partial charge on any atom is -0.870 e. The SMILES string of the molecule is CCOC(=O)c1ccc2nn(Cc3ccc(Cl)c(Cl)c3)c(=O)n2c1.O=C(O)c1ccc2nn(Cc3ccc(Cl)c(Cl)c3)c(=O)n2c1.[Li+].[OH-]. The Labute approximate surface area is 303 Å². The van der Waals surface area contributed by atoms with E-state index in [0.717, 1.165) is 11.1 Å². The Morgan fingerprint density at radius 1 is 0.708 bits per heavy atom. The largest absolute Gasteiger partial charge is 1.00 e. The molecule has 0 aliphatic carbocycles. The zero-order chi connectivity index (χ0) is 33.1. The van der Waals surface area contributed by atoms with Gasteiger partial charge in [0.15, 0.2) is 11.3 Å². The number of rotatable bonds is 7. The molecule has 2 aromatic carbocycles. The van der Waals surface area contributed by atoms with Gasteiger partial charge in [-0.15, -0.1) is 10.2 Å². The van der Waals surface area contributed by atoms with Crippen molar-refractivity contribution in [2.24, 2.45) is 0 Å². The molecule has 6 rings (SSSR count). The van der Waals surface area contributed by atoms with Crippen LogP contribution in [-0.4, -0.2) is 57.5 Å². The van der Waals surface area contributed by atoms with Gasteiger partial charge in [0.05, 0.1) is 50.9 Å². The molecule has 6 aromatic rings. The van der Waals surface area contributed by atoms with Crippen LogP contribution in [0.1, 0.15) is 38.8 Å². The molecule has 0 aliphatic rings. The predicted octanol–water partition coefficient (Wildman–Crippen LogP) is 2.40. The minimum atomic E-state index is -1.11. The van der Waals surface area contributed by atoms with Crippen LogP contribution in [0.25, 0.3) is 11.3 Å². The molecule has 18 heteroatoms. The first-order valence-electron chi connectivity index (χ1n) is 13.4. The number of ether oxygens (including phenoxy) is 1. The summed E-state index contributed by atoms with van der Waals surface area (Å²) in [5, 5.41) is 19.0. The summed E-state index contributed by atoms with van der Waals surface area (Å²) in [6.07, 6.45) is 2.67. The fourth-order valence-electron chi connectivity index (χ4n) is 4.33. The number of aromatic carboxylic acids is 1. The molecule has 0 spiro atoms. The van der Waals surface area contributed by atoms with Crippen molar-refractivity contribution in [1.82, 2.24) is 28.4 Å². The van der Waals surface area contributed by atoms with Crippen molar-refractivity contribution in [2.45, 2.75) is 20.0 Å². The van der Waals surface area contributed by atoms with Crippen LogP contribution < -0.4 is 30.2 Å². The molecule has 0 saturated heterocycles. The van der Waals surface area contributed by atoms with E-state index in [9.17, 15) is 19.2 Å². The van der Waals surface area contributed by atoms with Crippen molar-refractivity contribution < 1.29 is 43.8 Å². The van der Waals surface area contributed by atoms with Crippen molar-refractivity contribution in [3.63, 3.8) is 0 Å². The van der Waals surface area contributed by atoms with Gasteiger partial charge in [-0.1, -0.05) is 58.5 Å². The van der Waals surface area contributed by atoms with Crippen molar-refractivity contribution in [3.8, 4) is 0 Å². The van der Waals surface area contributed by atoms with Crippen LogP contribution in [0, 0.1) is 0 Å². The van der Waals surface area contributed by atoms with E-state index >= 15 is 0 Å². The summed E-state index contributed by atoms with van der Waals surface area (Å²) in [7, 11) is 0. The van der Waals surface area contributed by atoms with Crippen LogP contribution in [0.2, 0.25) is 20.1 Å². The molecule has 0 amide bonds. The molecule has 4 heterocycles. The monoisotopic (exact) mass is 726 g/mol.